The highest BCUT2D eigenvalue weighted by Gasteiger charge is 2.47. The zero-order valence-electron chi connectivity index (χ0n) is 15.9. The molecule has 8 heteroatoms. The molecule has 1 saturated heterocycles. The molecule has 2 bridgehead atoms. The maximum Gasteiger partial charge on any atom is 0.250 e. The summed E-state index contributed by atoms with van der Waals surface area (Å²) in [5.74, 6) is 0.496. The van der Waals surface area contributed by atoms with Crippen LogP contribution >= 0.6 is 11.3 Å². The van der Waals surface area contributed by atoms with Gasteiger partial charge in [0.15, 0.2) is 0 Å². The quantitative estimate of drug-likeness (QED) is 0.632. The largest absolute Gasteiger partial charge is 0.361 e. The number of thiophene rings is 1. The Morgan fingerprint density at radius 2 is 2.07 bits per heavy atom. The van der Waals surface area contributed by atoms with Crippen molar-refractivity contribution in [1.82, 2.24) is 14.6 Å². The van der Waals surface area contributed by atoms with Crippen molar-refractivity contribution in [2.24, 2.45) is 5.92 Å². The molecule has 3 aromatic rings. The molecule has 1 aromatic carbocycles. The normalized spacial score (nSPS) is 23.9. The number of hydrogen-bond acceptors (Lipinski definition) is 4. The number of carbonyl (C=O) groups excluding carboxylic acids is 1. The number of hydrogen-bond donors (Lipinski definition) is 2. The van der Waals surface area contributed by atoms with Crippen LogP contribution in [0.3, 0.4) is 0 Å². The van der Waals surface area contributed by atoms with Gasteiger partial charge in [-0.05, 0) is 48.3 Å². The third-order valence-electron chi connectivity index (χ3n) is 6.15. The third kappa shape index (κ3) is 3.49. The standard InChI is InChI=1S/C21H23N3O3S2/c25-20(8-7-15-12-22-17-5-2-1-4-16(15)17)24-13-14-10-18(19(24)11-14)23-29(26,27)21-6-3-9-28-21/h1-6,9,12,14,18-19,22-23H,7-8,10-11,13H2/t14-,18+,19-/m1/s1. The van der Waals surface area contributed by atoms with E-state index in [0.29, 0.717) is 23.0 Å². The van der Waals surface area contributed by atoms with Crippen LogP contribution in [0.1, 0.15) is 24.8 Å². The second kappa shape index (κ2) is 7.27. The highest BCUT2D eigenvalue weighted by Crippen LogP contribution is 2.39. The number of carbonyl (C=O) groups is 1. The molecule has 6 nitrogen and oxygen atoms in total. The van der Waals surface area contributed by atoms with Crippen LogP contribution in [0.4, 0.5) is 0 Å². The molecule has 0 radical (unpaired) electrons. The van der Waals surface area contributed by atoms with Gasteiger partial charge in [-0.1, -0.05) is 24.3 Å². The first-order valence-electron chi connectivity index (χ1n) is 9.91. The number of piperidine rings is 1. The summed E-state index contributed by atoms with van der Waals surface area (Å²) >= 11 is 1.21. The predicted octanol–water partition coefficient (Wildman–Crippen LogP) is 3.13. The van der Waals surface area contributed by atoms with E-state index in [1.165, 1.54) is 11.3 Å². The lowest BCUT2D eigenvalue weighted by molar-refractivity contribution is -0.133. The number of benzene rings is 1. The van der Waals surface area contributed by atoms with E-state index in [9.17, 15) is 13.2 Å². The highest BCUT2D eigenvalue weighted by molar-refractivity contribution is 7.91. The number of amides is 1. The number of likely N-dealkylation sites (tertiary alicyclic amines) is 1. The molecule has 3 heterocycles. The lowest BCUT2D eigenvalue weighted by atomic mass is 10.0. The van der Waals surface area contributed by atoms with Gasteiger partial charge in [-0.25, -0.2) is 13.1 Å². The lowest BCUT2D eigenvalue weighted by Gasteiger charge is -2.33. The SMILES string of the molecule is O=C(CCc1c[nH]c2ccccc12)N1C[C@@H]2C[C@H](NS(=O)(=O)c3cccs3)[C@H]1C2. The topological polar surface area (TPSA) is 82.3 Å². The van der Waals surface area contributed by atoms with Gasteiger partial charge < -0.3 is 9.88 Å². The summed E-state index contributed by atoms with van der Waals surface area (Å²) in [6.07, 6.45) is 4.79. The number of aromatic nitrogens is 1. The van der Waals surface area contributed by atoms with E-state index >= 15 is 0 Å². The zero-order chi connectivity index (χ0) is 20.0. The number of aromatic amines is 1. The molecule has 1 aliphatic carbocycles. The fraction of sp³-hybridized carbons (Fsp3) is 0.381. The molecule has 1 saturated carbocycles. The van der Waals surface area contributed by atoms with Gasteiger partial charge >= 0.3 is 0 Å². The minimum atomic E-state index is -3.52. The molecule has 29 heavy (non-hydrogen) atoms. The molecule has 152 valence electrons. The van der Waals surface area contributed by atoms with Crippen LogP contribution < -0.4 is 4.72 Å². The van der Waals surface area contributed by atoms with Crippen LogP contribution in [0.2, 0.25) is 0 Å². The summed E-state index contributed by atoms with van der Waals surface area (Å²) in [7, 11) is -3.52. The Morgan fingerprint density at radius 3 is 2.86 bits per heavy atom. The molecule has 1 aliphatic heterocycles. The van der Waals surface area contributed by atoms with Crippen molar-refractivity contribution in [2.45, 2.75) is 42.0 Å². The van der Waals surface area contributed by atoms with Crippen molar-refractivity contribution < 1.29 is 13.2 Å². The Balaban J connectivity index is 1.25. The van der Waals surface area contributed by atoms with Crippen molar-refractivity contribution >= 4 is 38.2 Å². The van der Waals surface area contributed by atoms with E-state index in [4.69, 9.17) is 0 Å². The number of para-hydroxylation sites is 1. The van der Waals surface area contributed by atoms with Gasteiger partial charge in [-0.2, -0.15) is 0 Å². The van der Waals surface area contributed by atoms with E-state index in [-0.39, 0.29) is 18.0 Å². The molecule has 2 fully saturated rings. The van der Waals surface area contributed by atoms with Crippen molar-refractivity contribution in [3.8, 4) is 0 Å². The summed E-state index contributed by atoms with van der Waals surface area (Å²) < 4.78 is 28.4. The van der Waals surface area contributed by atoms with Gasteiger partial charge in [0.05, 0.1) is 0 Å². The molecular formula is C21H23N3O3S2. The number of rotatable bonds is 6. The number of nitrogens with one attached hydrogen (secondary N) is 2. The Morgan fingerprint density at radius 1 is 1.21 bits per heavy atom. The summed E-state index contributed by atoms with van der Waals surface area (Å²) in [5.41, 5.74) is 2.23. The number of nitrogens with zero attached hydrogens (tertiary/aromatic N) is 1. The van der Waals surface area contributed by atoms with Crippen LogP contribution in [0.5, 0.6) is 0 Å². The Bertz CT molecular complexity index is 1140. The van der Waals surface area contributed by atoms with Crippen molar-refractivity contribution in [3.05, 3.63) is 53.5 Å². The number of aryl methyl sites for hydroxylation is 1. The van der Waals surface area contributed by atoms with Gasteiger partial charge in [0.1, 0.15) is 4.21 Å². The van der Waals surface area contributed by atoms with Gasteiger partial charge in [0.2, 0.25) is 15.9 Å². The molecule has 0 spiro atoms. The smallest absolute Gasteiger partial charge is 0.250 e. The molecule has 2 aliphatic rings. The van der Waals surface area contributed by atoms with Crippen LogP contribution in [-0.4, -0.2) is 42.8 Å². The van der Waals surface area contributed by atoms with Crippen molar-refractivity contribution in [1.29, 1.82) is 0 Å². The van der Waals surface area contributed by atoms with Gasteiger partial charge in [0.25, 0.3) is 0 Å². The fourth-order valence-corrected chi connectivity index (χ4v) is 7.13. The molecule has 5 rings (SSSR count). The van der Waals surface area contributed by atoms with Gasteiger partial charge in [-0.3, -0.25) is 4.79 Å². The fourth-order valence-electron chi connectivity index (χ4n) is 4.84. The third-order valence-corrected chi connectivity index (χ3v) is 9.04. The maximum atomic E-state index is 12.9. The molecule has 2 N–H and O–H groups in total. The Kier molecular flexibility index (Phi) is 4.72. The zero-order valence-corrected chi connectivity index (χ0v) is 17.5. The van der Waals surface area contributed by atoms with Crippen LogP contribution in [0, 0.1) is 5.92 Å². The van der Waals surface area contributed by atoms with Gasteiger partial charge in [0, 0.05) is 42.1 Å². The first-order chi connectivity index (χ1) is 14.0. The Labute approximate surface area is 174 Å². The van der Waals surface area contributed by atoms with E-state index in [0.717, 1.165) is 35.9 Å². The van der Waals surface area contributed by atoms with E-state index in [1.54, 1.807) is 17.5 Å². The highest BCUT2D eigenvalue weighted by atomic mass is 32.2. The number of sulfonamides is 1. The number of fused-ring (bicyclic) bond motifs is 3. The predicted molar refractivity (Wildman–Crippen MR) is 113 cm³/mol. The molecule has 1 amide bonds. The van der Waals surface area contributed by atoms with E-state index in [1.807, 2.05) is 29.3 Å². The second-order valence-corrected chi connectivity index (χ2v) is 10.9. The molecule has 3 atom stereocenters. The van der Waals surface area contributed by atoms with Crippen LogP contribution in [-0.2, 0) is 21.2 Å². The summed E-state index contributed by atoms with van der Waals surface area (Å²) in [6, 6.07) is 11.2. The molecule has 0 unspecified atom stereocenters. The number of H-pyrrole nitrogens is 1. The maximum absolute atomic E-state index is 12.9. The van der Waals surface area contributed by atoms with E-state index < -0.39 is 10.0 Å². The van der Waals surface area contributed by atoms with Crippen molar-refractivity contribution in [2.75, 3.05) is 6.54 Å². The summed E-state index contributed by atoms with van der Waals surface area (Å²) in [5, 5.41) is 2.92. The first kappa shape index (κ1) is 18.8. The summed E-state index contributed by atoms with van der Waals surface area (Å²) in [4.78, 5) is 18.1. The summed E-state index contributed by atoms with van der Waals surface area (Å²) in [6.45, 7) is 0.745. The van der Waals surface area contributed by atoms with E-state index in [2.05, 4.69) is 15.8 Å². The van der Waals surface area contributed by atoms with Crippen LogP contribution in [0.25, 0.3) is 10.9 Å². The van der Waals surface area contributed by atoms with Crippen molar-refractivity contribution in [3.63, 3.8) is 0 Å². The minimum absolute atomic E-state index is 0.0368. The second-order valence-electron chi connectivity index (χ2n) is 7.97. The Hall–Kier alpha value is -2.16. The average molecular weight is 430 g/mol. The van der Waals surface area contributed by atoms with Gasteiger partial charge in [-0.15, -0.1) is 11.3 Å². The molecular weight excluding hydrogens is 406 g/mol. The van der Waals surface area contributed by atoms with Crippen LogP contribution in [0.15, 0.2) is 52.2 Å². The molecule has 2 aromatic heterocycles. The average Bonchev–Trinajstić information content (AvgIpc) is 3.49. The first-order valence-corrected chi connectivity index (χ1v) is 12.3. The minimum Gasteiger partial charge on any atom is -0.361 e. The monoisotopic (exact) mass is 429 g/mol. The lowest BCUT2D eigenvalue weighted by Crippen LogP contribution is -2.51.